The SMILES string of the molecule is COc1c(C(=O)O)ccc(C#N)c1I. The van der Waals surface area contributed by atoms with Gasteiger partial charge in [0, 0.05) is 0 Å². The molecule has 1 aromatic carbocycles. The van der Waals surface area contributed by atoms with Crippen molar-refractivity contribution in [3.05, 3.63) is 26.8 Å². The van der Waals surface area contributed by atoms with E-state index >= 15 is 0 Å². The molecule has 0 aromatic heterocycles. The zero-order chi connectivity index (χ0) is 10.7. The lowest BCUT2D eigenvalue weighted by atomic mass is 10.1. The van der Waals surface area contributed by atoms with Crippen molar-refractivity contribution >= 4 is 28.6 Å². The predicted octanol–water partition coefficient (Wildman–Crippen LogP) is 1.87. The Hall–Kier alpha value is -1.29. The van der Waals surface area contributed by atoms with Gasteiger partial charge < -0.3 is 9.84 Å². The molecule has 0 saturated carbocycles. The van der Waals surface area contributed by atoms with Gasteiger partial charge in [0.05, 0.1) is 16.2 Å². The molecule has 0 aliphatic carbocycles. The highest BCUT2D eigenvalue weighted by atomic mass is 127. The number of nitriles is 1. The molecule has 0 fully saturated rings. The van der Waals surface area contributed by atoms with Crippen LogP contribution in [0.3, 0.4) is 0 Å². The van der Waals surface area contributed by atoms with Crippen molar-refractivity contribution in [3.63, 3.8) is 0 Å². The number of nitrogens with zero attached hydrogens (tertiary/aromatic N) is 1. The standard InChI is InChI=1S/C9H6INO3/c1-14-8-6(9(12)13)3-2-5(4-11)7(8)10/h2-3H,1H3,(H,12,13). The molecule has 0 saturated heterocycles. The topological polar surface area (TPSA) is 70.3 Å². The van der Waals surface area contributed by atoms with Gasteiger partial charge in [0.25, 0.3) is 0 Å². The average Bonchev–Trinajstić information content (AvgIpc) is 2.17. The Morgan fingerprint density at radius 1 is 1.64 bits per heavy atom. The lowest BCUT2D eigenvalue weighted by molar-refractivity contribution is 0.0693. The van der Waals surface area contributed by atoms with Crippen LogP contribution in [0.1, 0.15) is 15.9 Å². The highest BCUT2D eigenvalue weighted by Crippen LogP contribution is 2.28. The van der Waals surface area contributed by atoms with Crippen molar-refractivity contribution in [3.8, 4) is 11.8 Å². The Morgan fingerprint density at radius 2 is 2.29 bits per heavy atom. The maximum atomic E-state index is 10.8. The normalized spacial score (nSPS) is 9.21. The molecule has 0 unspecified atom stereocenters. The number of carbonyl (C=O) groups is 1. The highest BCUT2D eigenvalue weighted by molar-refractivity contribution is 14.1. The van der Waals surface area contributed by atoms with Gasteiger partial charge >= 0.3 is 5.97 Å². The fourth-order valence-corrected chi connectivity index (χ4v) is 1.82. The van der Waals surface area contributed by atoms with Crippen molar-refractivity contribution in [2.75, 3.05) is 7.11 Å². The number of carboxylic acids is 1. The highest BCUT2D eigenvalue weighted by Gasteiger charge is 2.16. The van der Waals surface area contributed by atoms with Crippen molar-refractivity contribution in [2.45, 2.75) is 0 Å². The molecule has 4 nitrogen and oxygen atoms in total. The molecular formula is C9H6INO3. The summed E-state index contributed by atoms with van der Waals surface area (Å²) in [7, 11) is 1.38. The monoisotopic (exact) mass is 303 g/mol. The number of rotatable bonds is 2. The van der Waals surface area contributed by atoms with Crippen LogP contribution >= 0.6 is 22.6 Å². The number of hydrogen-bond donors (Lipinski definition) is 1. The molecule has 14 heavy (non-hydrogen) atoms. The molecule has 1 rings (SSSR count). The summed E-state index contributed by atoms with van der Waals surface area (Å²) in [5.74, 6) is -0.832. The van der Waals surface area contributed by atoms with E-state index in [2.05, 4.69) is 0 Å². The Bertz CT molecular complexity index is 423. The minimum atomic E-state index is -1.07. The van der Waals surface area contributed by atoms with E-state index in [4.69, 9.17) is 15.1 Å². The third-order valence-corrected chi connectivity index (χ3v) is 2.72. The first-order valence-electron chi connectivity index (χ1n) is 3.61. The maximum absolute atomic E-state index is 10.8. The molecule has 1 N–H and O–H groups in total. The minimum absolute atomic E-state index is 0.0656. The van der Waals surface area contributed by atoms with E-state index in [0.29, 0.717) is 9.13 Å². The van der Waals surface area contributed by atoms with Crippen LogP contribution < -0.4 is 4.74 Å². The quantitative estimate of drug-likeness (QED) is 0.847. The second kappa shape index (κ2) is 4.28. The van der Waals surface area contributed by atoms with E-state index in [-0.39, 0.29) is 11.3 Å². The number of hydrogen-bond acceptors (Lipinski definition) is 3. The summed E-state index contributed by atoms with van der Waals surface area (Å²) < 4.78 is 5.46. The summed E-state index contributed by atoms with van der Waals surface area (Å²) in [6.45, 7) is 0. The number of ether oxygens (including phenoxy) is 1. The fraction of sp³-hybridized carbons (Fsp3) is 0.111. The lowest BCUT2D eigenvalue weighted by Crippen LogP contribution is -2.03. The summed E-state index contributed by atoms with van der Waals surface area (Å²) >= 11 is 1.89. The van der Waals surface area contributed by atoms with Gasteiger partial charge in [-0.1, -0.05) is 0 Å². The molecule has 0 amide bonds. The summed E-state index contributed by atoms with van der Waals surface area (Å²) in [6.07, 6.45) is 0. The second-order valence-electron chi connectivity index (χ2n) is 2.42. The van der Waals surface area contributed by atoms with Crippen molar-refractivity contribution < 1.29 is 14.6 Å². The molecule has 0 bridgehead atoms. The Kier molecular flexibility index (Phi) is 3.30. The first kappa shape index (κ1) is 10.8. The number of aromatic carboxylic acids is 1. The number of carboxylic acid groups (broad SMARTS) is 1. The van der Waals surface area contributed by atoms with Crippen LogP contribution in [0.15, 0.2) is 12.1 Å². The van der Waals surface area contributed by atoms with Crippen LogP contribution in [0.25, 0.3) is 0 Å². The first-order chi connectivity index (χ1) is 6.61. The van der Waals surface area contributed by atoms with Gasteiger partial charge in [-0.15, -0.1) is 0 Å². The van der Waals surface area contributed by atoms with Crippen LogP contribution in [-0.4, -0.2) is 18.2 Å². The summed E-state index contributed by atoms with van der Waals surface area (Å²) in [5, 5.41) is 17.5. The Labute approximate surface area is 94.2 Å². The van der Waals surface area contributed by atoms with Crippen LogP contribution in [0.5, 0.6) is 5.75 Å². The average molecular weight is 303 g/mol. The van der Waals surface area contributed by atoms with Gasteiger partial charge in [-0.2, -0.15) is 5.26 Å². The second-order valence-corrected chi connectivity index (χ2v) is 3.50. The third-order valence-electron chi connectivity index (χ3n) is 1.65. The molecule has 72 valence electrons. The molecule has 5 heteroatoms. The van der Waals surface area contributed by atoms with E-state index < -0.39 is 5.97 Å². The molecule has 0 atom stereocenters. The zero-order valence-electron chi connectivity index (χ0n) is 7.24. The number of halogens is 1. The lowest BCUT2D eigenvalue weighted by Gasteiger charge is -2.07. The predicted molar refractivity (Wildman–Crippen MR) is 57.4 cm³/mol. The third kappa shape index (κ3) is 1.80. The van der Waals surface area contributed by atoms with E-state index in [1.54, 1.807) is 0 Å². The molecule has 0 heterocycles. The summed E-state index contributed by atoms with van der Waals surface area (Å²) in [4.78, 5) is 10.8. The number of methoxy groups -OCH3 is 1. The number of benzene rings is 1. The van der Waals surface area contributed by atoms with Gasteiger partial charge in [0.2, 0.25) is 0 Å². The van der Waals surface area contributed by atoms with E-state index in [0.717, 1.165) is 0 Å². The molecule has 0 aliphatic heterocycles. The zero-order valence-corrected chi connectivity index (χ0v) is 9.40. The van der Waals surface area contributed by atoms with Crippen molar-refractivity contribution in [2.24, 2.45) is 0 Å². The molecular weight excluding hydrogens is 297 g/mol. The minimum Gasteiger partial charge on any atom is -0.495 e. The summed E-state index contributed by atoms with van der Waals surface area (Å²) in [6, 6.07) is 4.78. The van der Waals surface area contributed by atoms with E-state index in [1.165, 1.54) is 19.2 Å². The van der Waals surface area contributed by atoms with Gasteiger partial charge in [-0.3, -0.25) is 0 Å². The van der Waals surface area contributed by atoms with Gasteiger partial charge in [0.15, 0.2) is 0 Å². The van der Waals surface area contributed by atoms with E-state index in [1.807, 2.05) is 28.7 Å². The van der Waals surface area contributed by atoms with Gasteiger partial charge in [0.1, 0.15) is 17.4 Å². The summed E-state index contributed by atoms with van der Waals surface area (Å²) in [5.41, 5.74) is 0.475. The van der Waals surface area contributed by atoms with Crippen LogP contribution in [0.4, 0.5) is 0 Å². The van der Waals surface area contributed by atoms with E-state index in [9.17, 15) is 4.79 Å². The van der Waals surface area contributed by atoms with Gasteiger partial charge in [-0.25, -0.2) is 4.79 Å². The Balaban J connectivity index is 3.45. The van der Waals surface area contributed by atoms with Gasteiger partial charge in [-0.05, 0) is 34.7 Å². The van der Waals surface area contributed by atoms with Crippen molar-refractivity contribution in [1.29, 1.82) is 5.26 Å². The fourth-order valence-electron chi connectivity index (χ4n) is 1.01. The molecule has 0 aliphatic rings. The first-order valence-corrected chi connectivity index (χ1v) is 4.69. The molecule has 1 aromatic rings. The molecule has 0 spiro atoms. The van der Waals surface area contributed by atoms with Crippen LogP contribution in [0.2, 0.25) is 0 Å². The smallest absolute Gasteiger partial charge is 0.339 e. The molecule has 0 radical (unpaired) electrons. The maximum Gasteiger partial charge on any atom is 0.339 e. The van der Waals surface area contributed by atoms with Crippen LogP contribution in [-0.2, 0) is 0 Å². The van der Waals surface area contributed by atoms with Crippen molar-refractivity contribution in [1.82, 2.24) is 0 Å². The van der Waals surface area contributed by atoms with Crippen LogP contribution in [0, 0.1) is 14.9 Å². The largest absolute Gasteiger partial charge is 0.495 e. The Morgan fingerprint density at radius 3 is 2.71 bits per heavy atom.